The van der Waals surface area contributed by atoms with Crippen LogP contribution < -0.4 is 5.32 Å². The Morgan fingerprint density at radius 1 is 1.35 bits per heavy atom. The van der Waals surface area contributed by atoms with Gasteiger partial charge in [0.15, 0.2) is 7.98 Å². The Bertz CT molecular complexity index is 395. The minimum Gasteiger partial charge on any atom is -0.381 e. The summed E-state index contributed by atoms with van der Waals surface area (Å²) in [7, 11) is 2.01. The molecule has 2 rings (SSSR count). The summed E-state index contributed by atoms with van der Waals surface area (Å²) in [6.45, 7) is 1.85. The number of nitrogens with one attached hydrogen (secondary N) is 1. The molecular weight excluding hydrogens is 228 g/mol. The van der Waals surface area contributed by atoms with E-state index in [9.17, 15) is 13.2 Å². The highest BCUT2D eigenvalue weighted by molar-refractivity contribution is 6.04. The molecule has 1 aliphatic rings. The molecule has 1 heterocycles. The van der Waals surface area contributed by atoms with Gasteiger partial charge in [-0.25, -0.2) is 0 Å². The van der Waals surface area contributed by atoms with Crippen molar-refractivity contribution < 1.29 is 13.2 Å². The lowest BCUT2D eigenvalue weighted by molar-refractivity contribution is -0.137. The molecule has 17 heavy (non-hydrogen) atoms. The van der Waals surface area contributed by atoms with E-state index >= 15 is 0 Å². The fourth-order valence-electron chi connectivity index (χ4n) is 2.07. The molecule has 1 saturated heterocycles. The van der Waals surface area contributed by atoms with Crippen LogP contribution in [0.25, 0.3) is 0 Å². The van der Waals surface area contributed by atoms with Crippen LogP contribution in [0.1, 0.15) is 12.0 Å². The zero-order chi connectivity index (χ0) is 12.5. The maximum absolute atomic E-state index is 12.5. The molecule has 2 nitrogen and oxygen atoms in total. The van der Waals surface area contributed by atoms with Crippen molar-refractivity contribution in [2.45, 2.75) is 18.6 Å². The van der Waals surface area contributed by atoms with E-state index in [2.05, 4.69) is 10.1 Å². The Kier molecular flexibility index (Phi) is 3.33. The summed E-state index contributed by atoms with van der Waals surface area (Å²) in [5.74, 6) is 0. The van der Waals surface area contributed by atoms with E-state index in [1.54, 1.807) is 6.07 Å². The van der Waals surface area contributed by atoms with Gasteiger partial charge in [0.1, 0.15) is 0 Å². The van der Waals surface area contributed by atoms with Gasteiger partial charge in [0.25, 0.3) is 0 Å². The molecule has 0 saturated carbocycles. The van der Waals surface area contributed by atoms with Crippen molar-refractivity contribution in [2.24, 2.45) is 0 Å². The van der Waals surface area contributed by atoms with E-state index in [4.69, 9.17) is 0 Å². The highest BCUT2D eigenvalue weighted by Crippen LogP contribution is 2.31. The minimum absolute atomic E-state index is 0.239. The molecule has 1 aliphatic heterocycles. The fraction of sp³-hybridized carbons (Fsp3) is 0.455. The van der Waals surface area contributed by atoms with Crippen molar-refractivity contribution in [3.8, 4) is 0 Å². The number of nitrogens with zero attached hydrogens (tertiary/aromatic N) is 1. The first kappa shape index (κ1) is 12.3. The minimum atomic E-state index is -4.27. The topological polar surface area (TPSA) is 15.3 Å². The first-order valence-electron chi connectivity index (χ1n) is 5.57. The van der Waals surface area contributed by atoms with Crippen LogP contribution in [-0.4, -0.2) is 31.9 Å². The molecule has 0 aromatic heterocycles. The Hall–Kier alpha value is -1.17. The maximum atomic E-state index is 12.5. The molecule has 6 heteroatoms. The molecule has 0 aliphatic carbocycles. The van der Waals surface area contributed by atoms with E-state index in [0.29, 0.717) is 5.69 Å². The van der Waals surface area contributed by atoms with Crippen molar-refractivity contribution in [3.05, 3.63) is 29.8 Å². The van der Waals surface area contributed by atoms with Crippen molar-refractivity contribution in [1.82, 2.24) is 4.81 Å². The van der Waals surface area contributed by atoms with Gasteiger partial charge in [0.05, 0.1) is 5.56 Å². The lowest BCUT2D eigenvalue weighted by Gasteiger charge is -2.15. The van der Waals surface area contributed by atoms with Crippen LogP contribution in [-0.2, 0) is 6.18 Å². The van der Waals surface area contributed by atoms with Crippen molar-refractivity contribution in [3.63, 3.8) is 0 Å². The Balaban J connectivity index is 2.06. The third kappa shape index (κ3) is 3.15. The molecule has 92 valence electrons. The third-order valence-electron chi connectivity index (χ3n) is 2.95. The number of halogens is 3. The Morgan fingerprint density at radius 3 is 2.71 bits per heavy atom. The predicted molar refractivity (Wildman–Crippen MR) is 63.6 cm³/mol. The molecule has 1 unspecified atom stereocenters. The standard InChI is InChI=1S/C11H14BF3N2/c12-17-5-4-10(7-17)16-9-3-1-2-8(6-9)11(13,14)15/h1-3,6,10,16H,4-5,7,12H2. The molecule has 1 N–H and O–H groups in total. The number of hydrogen-bond donors (Lipinski definition) is 1. The largest absolute Gasteiger partial charge is 0.416 e. The van der Waals surface area contributed by atoms with Gasteiger partial charge < -0.3 is 10.1 Å². The number of hydrogen-bond acceptors (Lipinski definition) is 2. The summed E-state index contributed by atoms with van der Waals surface area (Å²) in [5, 5.41) is 3.14. The monoisotopic (exact) mass is 242 g/mol. The third-order valence-corrected chi connectivity index (χ3v) is 2.95. The maximum Gasteiger partial charge on any atom is 0.416 e. The fourth-order valence-corrected chi connectivity index (χ4v) is 2.07. The van der Waals surface area contributed by atoms with Crippen LogP contribution in [0, 0.1) is 0 Å². The van der Waals surface area contributed by atoms with Gasteiger partial charge in [-0.15, -0.1) is 0 Å². The van der Waals surface area contributed by atoms with Gasteiger partial charge >= 0.3 is 6.18 Å². The summed E-state index contributed by atoms with van der Waals surface area (Å²) >= 11 is 0. The molecule has 1 aromatic rings. The van der Waals surface area contributed by atoms with E-state index in [-0.39, 0.29) is 6.04 Å². The molecule has 0 spiro atoms. The summed E-state index contributed by atoms with van der Waals surface area (Å²) in [4.78, 5) is 2.16. The smallest absolute Gasteiger partial charge is 0.381 e. The second-order valence-electron chi connectivity index (χ2n) is 4.47. The van der Waals surface area contributed by atoms with Gasteiger partial charge in [-0.1, -0.05) is 6.07 Å². The summed E-state index contributed by atoms with van der Waals surface area (Å²) in [6.07, 6.45) is -3.31. The average Bonchev–Trinajstić information content (AvgIpc) is 2.63. The summed E-state index contributed by atoms with van der Waals surface area (Å²) in [5.41, 5.74) is -0.0611. The van der Waals surface area contributed by atoms with Crippen LogP contribution in [0.4, 0.5) is 18.9 Å². The lowest BCUT2D eigenvalue weighted by Crippen LogP contribution is -2.24. The first-order chi connectivity index (χ1) is 7.95. The van der Waals surface area contributed by atoms with E-state index in [0.717, 1.165) is 25.6 Å². The van der Waals surface area contributed by atoms with Gasteiger partial charge in [0, 0.05) is 18.3 Å². The van der Waals surface area contributed by atoms with Gasteiger partial charge in [-0.2, -0.15) is 13.2 Å². The quantitative estimate of drug-likeness (QED) is 0.794. The number of alkyl halides is 3. The van der Waals surface area contributed by atoms with E-state index in [1.807, 2.05) is 7.98 Å². The number of anilines is 1. The Labute approximate surface area is 99.2 Å². The number of benzene rings is 1. The molecular formula is C11H14BF3N2. The van der Waals surface area contributed by atoms with Crippen LogP contribution >= 0.6 is 0 Å². The number of rotatable bonds is 2. The molecule has 0 radical (unpaired) electrons. The zero-order valence-electron chi connectivity index (χ0n) is 9.59. The predicted octanol–water partition coefficient (Wildman–Crippen LogP) is 1.74. The first-order valence-corrected chi connectivity index (χ1v) is 5.57. The van der Waals surface area contributed by atoms with Gasteiger partial charge in [-0.3, -0.25) is 0 Å². The summed E-state index contributed by atoms with van der Waals surface area (Å²) in [6, 6.07) is 5.60. The van der Waals surface area contributed by atoms with Crippen LogP contribution in [0.3, 0.4) is 0 Å². The lowest BCUT2D eigenvalue weighted by atomic mass is 10.1. The van der Waals surface area contributed by atoms with Gasteiger partial charge in [-0.05, 0) is 31.2 Å². The van der Waals surface area contributed by atoms with E-state index < -0.39 is 11.7 Å². The second-order valence-corrected chi connectivity index (χ2v) is 4.47. The highest BCUT2D eigenvalue weighted by atomic mass is 19.4. The van der Waals surface area contributed by atoms with Crippen LogP contribution in [0.15, 0.2) is 24.3 Å². The van der Waals surface area contributed by atoms with E-state index in [1.165, 1.54) is 12.1 Å². The van der Waals surface area contributed by atoms with Gasteiger partial charge in [0.2, 0.25) is 0 Å². The zero-order valence-corrected chi connectivity index (χ0v) is 9.59. The molecule has 1 aromatic carbocycles. The molecule has 0 amide bonds. The average molecular weight is 242 g/mol. The summed E-state index contributed by atoms with van der Waals surface area (Å²) < 4.78 is 37.5. The second kappa shape index (κ2) is 4.60. The Morgan fingerprint density at radius 2 is 2.12 bits per heavy atom. The molecule has 0 bridgehead atoms. The SMILES string of the molecule is BN1CCC(Nc2cccc(C(F)(F)F)c2)C1. The highest BCUT2D eigenvalue weighted by Gasteiger charge is 2.30. The van der Waals surface area contributed by atoms with Crippen molar-refractivity contribution >= 4 is 13.7 Å². The van der Waals surface area contributed by atoms with Crippen LogP contribution in [0.5, 0.6) is 0 Å². The normalized spacial score (nSPS) is 21.7. The van der Waals surface area contributed by atoms with Crippen molar-refractivity contribution in [1.29, 1.82) is 0 Å². The van der Waals surface area contributed by atoms with Crippen molar-refractivity contribution in [2.75, 3.05) is 18.4 Å². The molecule has 1 atom stereocenters. The molecule has 1 fully saturated rings. The van der Waals surface area contributed by atoms with Crippen LogP contribution in [0.2, 0.25) is 0 Å².